The number of halogens is 2. The summed E-state index contributed by atoms with van der Waals surface area (Å²) in [5.41, 5.74) is 0.729. The Kier molecular flexibility index (Phi) is 5.94. The molecule has 0 saturated heterocycles. The predicted molar refractivity (Wildman–Crippen MR) is 86.8 cm³/mol. The number of methoxy groups -OCH3 is 1. The molecule has 1 aromatic carbocycles. The first-order valence-corrected chi connectivity index (χ1v) is 7.17. The van der Waals surface area contributed by atoms with Crippen LogP contribution in [0.1, 0.15) is 10.5 Å². The van der Waals surface area contributed by atoms with Crippen molar-refractivity contribution in [2.24, 2.45) is 0 Å². The van der Waals surface area contributed by atoms with Crippen LogP contribution in [-0.4, -0.2) is 36.1 Å². The van der Waals surface area contributed by atoms with E-state index in [4.69, 9.17) is 27.9 Å². The number of hydrogen-bond acceptors (Lipinski definition) is 5. The molecule has 0 aliphatic carbocycles. The van der Waals surface area contributed by atoms with Crippen molar-refractivity contribution in [2.45, 2.75) is 0 Å². The molecule has 1 amide bonds. The fraction of sp³-hybridized carbons (Fsp3) is 0.214. The average molecular weight is 341 g/mol. The van der Waals surface area contributed by atoms with Gasteiger partial charge < -0.3 is 15.4 Å². The summed E-state index contributed by atoms with van der Waals surface area (Å²) < 4.78 is 4.91. The lowest BCUT2D eigenvalue weighted by atomic mass is 10.3. The molecule has 1 heterocycles. The first-order chi connectivity index (χ1) is 10.6. The fourth-order valence-corrected chi connectivity index (χ4v) is 1.88. The molecule has 6 nitrogen and oxygen atoms in total. The van der Waals surface area contributed by atoms with Crippen LogP contribution in [0.5, 0.6) is 0 Å². The molecule has 0 spiro atoms. The van der Waals surface area contributed by atoms with E-state index < -0.39 is 0 Å². The third-order valence-corrected chi connectivity index (χ3v) is 3.41. The maximum absolute atomic E-state index is 12.1. The highest BCUT2D eigenvalue weighted by Crippen LogP contribution is 2.25. The lowest BCUT2D eigenvalue weighted by Gasteiger charge is -2.07. The first kappa shape index (κ1) is 16.5. The Hall–Kier alpha value is -1.89. The van der Waals surface area contributed by atoms with Crippen LogP contribution in [0.3, 0.4) is 0 Å². The maximum Gasteiger partial charge on any atom is 0.275 e. The number of anilines is 2. The van der Waals surface area contributed by atoms with Gasteiger partial charge in [-0.05, 0) is 18.2 Å². The van der Waals surface area contributed by atoms with Gasteiger partial charge in [-0.2, -0.15) is 0 Å². The van der Waals surface area contributed by atoms with Gasteiger partial charge in [0.2, 0.25) is 0 Å². The van der Waals surface area contributed by atoms with Gasteiger partial charge >= 0.3 is 0 Å². The van der Waals surface area contributed by atoms with Gasteiger partial charge in [0.05, 0.1) is 29.0 Å². The van der Waals surface area contributed by atoms with E-state index in [9.17, 15) is 4.79 Å². The number of rotatable bonds is 6. The Labute approximate surface area is 137 Å². The van der Waals surface area contributed by atoms with E-state index in [1.165, 1.54) is 12.4 Å². The Balaban J connectivity index is 1.98. The van der Waals surface area contributed by atoms with Crippen molar-refractivity contribution < 1.29 is 9.53 Å². The van der Waals surface area contributed by atoms with Gasteiger partial charge in [-0.3, -0.25) is 4.79 Å². The third kappa shape index (κ3) is 4.56. The molecule has 8 heteroatoms. The second kappa shape index (κ2) is 7.93. The zero-order valence-electron chi connectivity index (χ0n) is 11.8. The van der Waals surface area contributed by atoms with E-state index in [1.54, 1.807) is 25.3 Å². The van der Waals surface area contributed by atoms with E-state index in [1.807, 2.05) is 0 Å². The molecule has 2 N–H and O–H groups in total. The minimum absolute atomic E-state index is 0.198. The largest absolute Gasteiger partial charge is 0.383 e. The smallest absolute Gasteiger partial charge is 0.275 e. The second-order valence-corrected chi connectivity index (χ2v) is 5.10. The molecule has 0 unspecified atom stereocenters. The Morgan fingerprint density at radius 1 is 1.23 bits per heavy atom. The van der Waals surface area contributed by atoms with Crippen molar-refractivity contribution in [1.82, 2.24) is 9.97 Å². The van der Waals surface area contributed by atoms with Crippen LogP contribution in [0.25, 0.3) is 0 Å². The average Bonchev–Trinajstić information content (AvgIpc) is 2.52. The summed E-state index contributed by atoms with van der Waals surface area (Å²) in [7, 11) is 1.61. The zero-order chi connectivity index (χ0) is 15.9. The van der Waals surface area contributed by atoms with Gasteiger partial charge in [-0.15, -0.1) is 0 Å². The van der Waals surface area contributed by atoms with Crippen LogP contribution in [0.4, 0.5) is 11.5 Å². The third-order valence-electron chi connectivity index (χ3n) is 2.67. The lowest BCUT2D eigenvalue weighted by Crippen LogP contribution is -2.15. The minimum Gasteiger partial charge on any atom is -0.383 e. The summed E-state index contributed by atoms with van der Waals surface area (Å²) in [4.78, 5) is 20.2. The van der Waals surface area contributed by atoms with Crippen molar-refractivity contribution in [3.63, 3.8) is 0 Å². The Morgan fingerprint density at radius 2 is 2.05 bits per heavy atom. The number of nitrogens with zero attached hydrogens (tertiary/aromatic N) is 2. The molecule has 116 valence electrons. The minimum atomic E-state index is -0.380. The number of benzene rings is 1. The highest BCUT2D eigenvalue weighted by atomic mass is 35.5. The van der Waals surface area contributed by atoms with Gasteiger partial charge in [0.25, 0.3) is 5.91 Å². The normalized spacial score (nSPS) is 10.3. The molecule has 0 aliphatic heterocycles. The summed E-state index contributed by atoms with van der Waals surface area (Å²) in [6, 6.07) is 4.82. The molecular weight excluding hydrogens is 327 g/mol. The van der Waals surface area contributed by atoms with Crippen molar-refractivity contribution in [3.05, 3.63) is 46.3 Å². The first-order valence-electron chi connectivity index (χ1n) is 6.41. The van der Waals surface area contributed by atoms with Crippen LogP contribution in [-0.2, 0) is 4.74 Å². The zero-order valence-corrected chi connectivity index (χ0v) is 13.3. The molecule has 0 bridgehead atoms. The molecule has 0 atom stereocenters. The molecule has 0 saturated carbocycles. The van der Waals surface area contributed by atoms with Crippen LogP contribution in [0.15, 0.2) is 30.6 Å². The molecular formula is C14H14Cl2N4O2. The number of amides is 1. The highest BCUT2D eigenvalue weighted by Gasteiger charge is 2.09. The summed E-state index contributed by atoms with van der Waals surface area (Å²) >= 11 is 11.7. The Bertz CT molecular complexity index is 650. The molecule has 0 aliphatic rings. The molecule has 2 rings (SSSR count). The van der Waals surface area contributed by atoms with Gasteiger partial charge in [0.1, 0.15) is 11.5 Å². The van der Waals surface area contributed by atoms with Gasteiger partial charge in [-0.25, -0.2) is 9.97 Å². The lowest BCUT2D eigenvalue weighted by molar-refractivity contribution is 0.102. The summed E-state index contributed by atoms with van der Waals surface area (Å²) in [5.74, 6) is 0.192. The van der Waals surface area contributed by atoms with Crippen LogP contribution >= 0.6 is 23.2 Å². The van der Waals surface area contributed by atoms with E-state index in [-0.39, 0.29) is 11.6 Å². The number of ether oxygens (including phenoxy) is 1. The SMILES string of the molecule is COCCNc1cnc(C(=O)Nc2ccc(Cl)c(Cl)c2)cn1. The quantitative estimate of drug-likeness (QED) is 0.790. The van der Waals surface area contributed by atoms with E-state index in [0.29, 0.717) is 34.7 Å². The topological polar surface area (TPSA) is 76.1 Å². The predicted octanol–water partition coefficient (Wildman–Crippen LogP) is 3.09. The van der Waals surface area contributed by atoms with Crippen LogP contribution in [0.2, 0.25) is 10.0 Å². The maximum atomic E-state index is 12.1. The number of aromatic nitrogens is 2. The van der Waals surface area contributed by atoms with Gasteiger partial charge in [-0.1, -0.05) is 23.2 Å². The molecule has 2 aromatic rings. The monoisotopic (exact) mass is 340 g/mol. The molecule has 22 heavy (non-hydrogen) atoms. The van der Waals surface area contributed by atoms with Gasteiger partial charge in [0, 0.05) is 19.3 Å². The number of carbonyl (C=O) groups excluding carboxylic acids is 1. The van der Waals surface area contributed by atoms with Crippen molar-refractivity contribution in [2.75, 3.05) is 30.9 Å². The fourth-order valence-electron chi connectivity index (χ4n) is 1.59. The van der Waals surface area contributed by atoms with Crippen LogP contribution in [0, 0.1) is 0 Å². The summed E-state index contributed by atoms with van der Waals surface area (Å²) in [6.45, 7) is 1.17. The van der Waals surface area contributed by atoms with E-state index in [2.05, 4.69) is 20.6 Å². The van der Waals surface area contributed by atoms with Gasteiger partial charge in [0.15, 0.2) is 0 Å². The highest BCUT2D eigenvalue weighted by molar-refractivity contribution is 6.42. The van der Waals surface area contributed by atoms with Crippen LogP contribution < -0.4 is 10.6 Å². The number of nitrogens with one attached hydrogen (secondary N) is 2. The van der Waals surface area contributed by atoms with Crippen molar-refractivity contribution in [1.29, 1.82) is 0 Å². The summed E-state index contributed by atoms with van der Waals surface area (Å²) in [6.07, 6.45) is 2.88. The molecule has 1 aromatic heterocycles. The number of hydrogen-bond donors (Lipinski definition) is 2. The van der Waals surface area contributed by atoms with Crippen molar-refractivity contribution in [3.8, 4) is 0 Å². The second-order valence-electron chi connectivity index (χ2n) is 4.29. The summed E-state index contributed by atoms with van der Waals surface area (Å²) in [5, 5.41) is 6.47. The van der Waals surface area contributed by atoms with E-state index >= 15 is 0 Å². The Morgan fingerprint density at radius 3 is 2.68 bits per heavy atom. The molecule has 0 radical (unpaired) electrons. The van der Waals surface area contributed by atoms with E-state index in [0.717, 1.165) is 0 Å². The standard InChI is InChI=1S/C14H14Cl2N4O2/c1-22-5-4-17-13-8-18-12(7-19-13)14(21)20-9-2-3-10(15)11(16)6-9/h2-3,6-8H,4-5H2,1H3,(H,17,19)(H,20,21). The molecule has 0 fully saturated rings. The number of carbonyl (C=O) groups is 1. The van der Waals surface area contributed by atoms with Crippen molar-refractivity contribution >= 4 is 40.6 Å².